The minimum Gasteiger partial charge on any atom is -0.479 e. The summed E-state index contributed by atoms with van der Waals surface area (Å²) >= 11 is 5.84. The first kappa shape index (κ1) is 23.5. The van der Waals surface area contributed by atoms with Crippen LogP contribution in [0.15, 0.2) is 24.3 Å². The molecule has 3 rings (SSSR count). The maximum Gasteiger partial charge on any atom is 0.242 e. The van der Waals surface area contributed by atoms with Gasteiger partial charge in [0, 0.05) is 42.8 Å². The highest BCUT2D eigenvalue weighted by Crippen LogP contribution is 2.30. The molecule has 0 fully saturated rings. The molecule has 0 saturated carbocycles. The fourth-order valence-electron chi connectivity index (χ4n) is 3.67. The van der Waals surface area contributed by atoms with Gasteiger partial charge in [-0.15, -0.1) is 5.10 Å². The lowest BCUT2D eigenvalue weighted by Crippen LogP contribution is -2.26. The Balaban J connectivity index is 1.47. The van der Waals surface area contributed by atoms with Crippen molar-refractivity contribution in [3.63, 3.8) is 0 Å². The molecule has 0 bridgehead atoms. The number of hydrogen-bond donors (Lipinski definition) is 2. The van der Waals surface area contributed by atoms with Gasteiger partial charge in [-0.2, -0.15) is 0 Å². The Morgan fingerprint density at radius 1 is 1.12 bits per heavy atom. The molecular formula is C23H28ClN5O3. The van der Waals surface area contributed by atoms with E-state index in [1.807, 2.05) is 20.9 Å². The quantitative estimate of drug-likeness (QED) is 0.477. The zero-order valence-electron chi connectivity index (χ0n) is 18.8. The average Bonchev–Trinajstić information content (AvgIpc) is 3.08. The van der Waals surface area contributed by atoms with Crippen molar-refractivity contribution in [1.29, 1.82) is 0 Å². The predicted octanol–water partition coefficient (Wildman–Crippen LogP) is 3.71. The highest BCUT2D eigenvalue weighted by molar-refractivity contribution is 6.30. The zero-order valence-corrected chi connectivity index (χ0v) is 19.5. The number of nitrogens with zero attached hydrogens (tertiary/aromatic N) is 3. The third kappa shape index (κ3) is 5.56. The van der Waals surface area contributed by atoms with Crippen LogP contribution < -0.4 is 15.4 Å². The van der Waals surface area contributed by atoms with Crippen LogP contribution in [0.4, 0.5) is 5.69 Å². The lowest BCUT2D eigenvalue weighted by Gasteiger charge is -2.11. The molecule has 0 atom stereocenters. The van der Waals surface area contributed by atoms with E-state index in [2.05, 4.69) is 20.7 Å². The number of pyridine rings is 1. The molecule has 32 heavy (non-hydrogen) atoms. The molecule has 2 aromatic heterocycles. The van der Waals surface area contributed by atoms with E-state index < -0.39 is 0 Å². The molecule has 1 aromatic carbocycles. The fraction of sp³-hybridized carbons (Fsp3) is 0.391. The van der Waals surface area contributed by atoms with Gasteiger partial charge in [0.05, 0.1) is 12.5 Å². The van der Waals surface area contributed by atoms with E-state index in [1.165, 1.54) is 0 Å². The number of rotatable bonds is 9. The number of carbonyl (C=O) groups excluding carboxylic acids is 2. The first-order valence-corrected chi connectivity index (χ1v) is 10.9. The first-order chi connectivity index (χ1) is 15.3. The number of fused-ring (bicyclic) bond motifs is 1. The van der Waals surface area contributed by atoms with Gasteiger partial charge >= 0.3 is 0 Å². The number of methoxy groups -OCH3 is 1. The maximum absolute atomic E-state index is 12.3. The second-order valence-corrected chi connectivity index (χ2v) is 8.08. The number of halogens is 1. The third-order valence-electron chi connectivity index (χ3n) is 5.35. The lowest BCUT2D eigenvalue weighted by molar-refractivity contribution is -0.121. The Kier molecular flexibility index (Phi) is 7.69. The molecule has 8 nitrogen and oxygen atoms in total. The second-order valence-electron chi connectivity index (χ2n) is 7.64. The number of nitrogens with one attached hydrogen (secondary N) is 2. The summed E-state index contributed by atoms with van der Waals surface area (Å²) in [5, 5.41) is 11.5. The van der Waals surface area contributed by atoms with E-state index in [-0.39, 0.29) is 11.8 Å². The number of aromatic nitrogens is 3. The van der Waals surface area contributed by atoms with E-state index in [0.29, 0.717) is 48.8 Å². The molecule has 3 aromatic rings. The number of aryl methyl sites for hydroxylation is 3. The van der Waals surface area contributed by atoms with E-state index in [1.54, 1.807) is 36.1 Å². The molecular weight excluding hydrogens is 430 g/mol. The van der Waals surface area contributed by atoms with E-state index in [4.69, 9.17) is 16.3 Å². The number of ether oxygens (including phenoxy) is 1. The van der Waals surface area contributed by atoms with Gasteiger partial charge in [0.1, 0.15) is 0 Å². The lowest BCUT2D eigenvalue weighted by atomic mass is 10.00. The predicted molar refractivity (Wildman–Crippen MR) is 125 cm³/mol. The summed E-state index contributed by atoms with van der Waals surface area (Å²) in [5.74, 6) is 0.382. The normalized spacial score (nSPS) is 10.9. The van der Waals surface area contributed by atoms with Crippen LogP contribution in [0.1, 0.15) is 36.1 Å². The van der Waals surface area contributed by atoms with E-state index in [0.717, 1.165) is 27.9 Å². The Bertz CT molecular complexity index is 1130. The SMILES string of the molecule is COc1nn(C)c2nc(C)c(CCC(=O)NCCCC(=O)Nc3ccc(Cl)cc3)c(C)c12. The second kappa shape index (κ2) is 10.5. The van der Waals surface area contributed by atoms with Gasteiger partial charge < -0.3 is 15.4 Å². The van der Waals surface area contributed by atoms with Crippen molar-refractivity contribution in [2.45, 2.75) is 39.5 Å². The van der Waals surface area contributed by atoms with Crippen LogP contribution in [-0.2, 0) is 23.1 Å². The smallest absolute Gasteiger partial charge is 0.242 e. The van der Waals surface area contributed by atoms with Crippen molar-refractivity contribution in [3.05, 3.63) is 46.1 Å². The Hall–Kier alpha value is -3.13. The summed E-state index contributed by atoms with van der Waals surface area (Å²) < 4.78 is 7.09. The molecule has 0 saturated heterocycles. The third-order valence-corrected chi connectivity index (χ3v) is 5.60. The highest BCUT2D eigenvalue weighted by atomic mass is 35.5. The van der Waals surface area contributed by atoms with Crippen molar-refractivity contribution in [1.82, 2.24) is 20.1 Å². The monoisotopic (exact) mass is 457 g/mol. The van der Waals surface area contributed by atoms with Crippen molar-refractivity contribution >= 4 is 40.1 Å². The van der Waals surface area contributed by atoms with Crippen LogP contribution in [0.3, 0.4) is 0 Å². The highest BCUT2D eigenvalue weighted by Gasteiger charge is 2.18. The van der Waals surface area contributed by atoms with Crippen molar-refractivity contribution in [3.8, 4) is 5.88 Å². The molecule has 0 radical (unpaired) electrons. The Labute approximate surface area is 192 Å². The largest absolute Gasteiger partial charge is 0.479 e. The molecule has 170 valence electrons. The van der Waals surface area contributed by atoms with Gasteiger partial charge in [-0.25, -0.2) is 9.67 Å². The summed E-state index contributed by atoms with van der Waals surface area (Å²) in [4.78, 5) is 29.0. The Morgan fingerprint density at radius 2 is 1.84 bits per heavy atom. The van der Waals surface area contributed by atoms with Crippen LogP contribution in [0.2, 0.25) is 5.02 Å². The molecule has 2 amide bonds. The van der Waals surface area contributed by atoms with Crippen LogP contribution in [0.25, 0.3) is 11.0 Å². The molecule has 0 aliphatic heterocycles. The van der Waals surface area contributed by atoms with Gasteiger partial charge in [0.25, 0.3) is 0 Å². The molecule has 0 aliphatic carbocycles. The number of anilines is 1. The molecule has 2 heterocycles. The topological polar surface area (TPSA) is 98.1 Å². The van der Waals surface area contributed by atoms with Crippen LogP contribution in [0, 0.1) is 13.8 Å². The van der Waals surface area contributed by atoms with Gasteiger partial charge in [-0.3, -0.25) is 9.59 Å². The summed E-state index contributed by atoms with van der Waals surface area (Å²) in [6.45, 7) is 4.39. The van der Waals surface area contributed by atoms with Gasteiger partial charge in [0.2, 0.25) is 17.7 Å². The minimum atomic E-state index is -0.0994. The summed E-state index contributed by atoms with van der Waals surface area (Å²) in [6.07, 6.45) is 1.79. The minimum absolute atomic E-state index is 0.0554. The summed E-state index contributed by atoms with van der Waals surface area (Å²) in [6, 6.07) is 6.94. The molecule has 9 heteroatoms. The standard InChI is InChI=1S/C23H28ClN5O3/c1-14-18(15(2)26-22-21(14)23(32-4)28-29(22)3)11-12-19(30)25-13-5-6-20(31)27-17-9-7-16(24)8-10-17/h7-10H,5-6,11-13H2,1-4H3,(H,25,30)(H,27,31). The number of hydrogen-bond acceptors (Lipinski definition) is 5. The number of carbonyl (C=O) groups is 2. The van der Waals surface area contributed by atoms with E-state index in [9.17, 15) is 9.59 Å². The first-order valence-electron chi connectivity index (χ1n) is 10.5. The average molecular weight is 458 g/mol. The van der Waals surface area contributed by atoms with Crippen molar-refractivity contribution < 1.29 is 14.3 Å². The summed E-state index contributed by atoms with van der Waals surface area (Å²) in [7, 11) is 3.42. The van der Waals surface area contributed by atoms with Crippen LogP contribution in [0.5, 0.6) is 5.88 Å². The van der Waals surface area contributed by atoms with Crippen LogP contribution >= 0.6 is 11.6 Å². The number of amides is 2. The molecule has 2 N–H and O–H groups in total. The van der Waals surface area contributed by atoms with Gasteiger partial charge in [-0.05, 0) is 62.1 Å². The maximum atomic E-state index is 12.3. The molecule has 0 unspecified atom stereocenters. The number of benzene rings is 1. The van der Waals surface area contributed by atoms with Gasteiger partial charge in [-0.1, -0.05) is 11.6 Å². The van der Waals surface area contributed by atoms with Crippen molar-refractivity contribution in [2.75, 3.05) is 19.0 Å². The van der Waals surface area contributed by atoms with Crippen LogP contribution in [-0.4, -0.2) is 40.2 Å². The van der Waals surface area contributed by atoms with Crippen molar-refractivity contribution in [2.24, 2.45) is 7.05 Å². The zero-order chi connectivity index (χ0) is 23.3. The van der Waals surface area contributed by atoms with Gasteiger partial charge in [0.15, 0.2) is 5.65 Å². The fourth-order valence-corrected chi connectivity index (χ4v) is 3.79. The summed E-state index contributed by atoms with van der Waals surface area (Å²) in [5.41, 5.74) is 4.41. The Morgan fingerprint density at radius 3 is 2.53 bits per heavy atom. The molecule has 0 spiro atoms. The molecule has 0 aliphatic rings. The van der Waals surface area contributed by atoms with E-state index >= 15 is 0 Å².